The van der Waals surface area contributed by atoms with Gasteiger partial charge in [-0.3, -0.25) is 9.59 Å². The van der Waals surface area contributed by atoms with E-state index in [0.717, 1.165) is 11.2 Å². The van der Waals surface area contributed by atoms with Gasteiger partial charge in [0.1, 0.15) is 30.7 Å². The number of carbonyl (C=O) groups excluding carboxylic acids is 3. The van der Waals surface area contributed by atoms with E-state index in [0.29, 0.717) is 5.56 Å². The zero-order chi connectivity index (χ0) is 32.0. The van der Waals surface area contributed by atoms with E-state index in [-0.39, 0.29) is 43.9 Å². The van der Waals surface area contributed by atoms with Crippen LogP contribution < -0.4 is 20.7 Å². The minimum atomic E-state index is -4.66. The lowest BCUT2D eigenvalue weighted by Gasteiger charge is -2.31. The van der Waals surface area contributed by atoms with Crippen molar-refractivity contribution in [2.75, 3.05) is 32.2 Å². The van der Waals surface area contributed by atoms with E-state index < -0.39 is 79.5 Å². The predicted octanol–water partition coefficient (Wildman–Crippen LogP) is 3.62. The zero-order valence-corrected chi connectivity index (χ0v) is 23.3. The van der Waals surface area contributed by atoms with Crippen LogP contribution in [0.3, 0.4) is 0 Å². The molecule has 3 heterocycles. The van der Waals surface area contributed by atoms with Crippen molar-refractivity contribution in [3.63, 3.8) is 0 Å². The summed E-state index contributed by atoms with van der Waals surface area (Å²) < 4.78 is 93.6. The number of carbonyl (C=O) groups is 3. The summed E-state index contributed by atoms with van der Waals surface area (Å²) in [6.07, 6.45) is -5.71. The van der Waals surface area contributed by atoms with Gasteiger partial charge in [0, 0.05) is 13.3 Å². The Kier molecular flexibility index (Phi) is 10.5. The smallest absolute Gasteiger partial charge is 0.410 e. The maximum atomic E-state index is 13.9. The van der Waals surface area contributed by atoms with E-state index >= 15 is 0 Å². The molecule has 3 N–H and O–H groups in total. The van der Waals surface area contributed by atoms with Gasteiger partial charge in [0.15, 0.2) is 12.0 Å². The Bertz CT molecular complexity index is 1300. The van der Waals surface area contributed by atoms with Crippen molar-refractivity contribution < 1.29 is 54.7 Å². The number of urea groups is 1. The average molecular weight is 637 g/mol. The predicted molar refractivity (Wildman–Crippen MR) is 139 cm³/mol. The summed E-state index contributed by atoms with van der Waals surface area (Å²) in [5, 5.41) is 10.4. The molecule has 2 aliphatic rings. The van der Waals surface area contributed by atoms with Gasteiger partial charge in [-0.1, -0.05) is 5.16 Å². The van der Waals surface area contributed by atoms with E-state index in [2.05, 4.69) is 25.3 Å². The van der Waals surface area contributed by atoms with Crippen LogP contribution >= 0.6 is 0 Å². The van der Waals surface area contributed by atoms with E-state index in [9.17, 15) is 40.7 Å². The van der Waals surface area contributed by atoms with Crippen molar-refractivity contribution in [3.8, 4) is 5.75 Å². The lowest BCUT2D eigenvalue weighted by molar-refractivity contribution is -0.150. The average Bonchev–Trinajstić information content (AvgIpc) is 3.61. The van der Waals surface area contributed by atoms with Crippen LogP contribution in [0.15, 0.2) is 29.1 Å². The molecule has 44 heavy (non-hydrogen) atoms. The molecule has 2 aromatic heterocycles. The fraction of sp³-hybridized carbons (Fsp3) is 0.577. The fourth-order valence-corrected chi connectivity index (χ4v) is 5.12. The van der Waals surface area contributed by atoms with Crippen molar-refractivity contribution in [1.29, 1.82) is 0 Å². The molecule has 1 aliphatic carbocycles. The monoisotopic (exact) mass is 636 g/mol. The van der Waals surface area contributed by atoms with E-state index in [1.54, 1.807) is 0 Å². The lowest BCUT2D eigenvalue weighted by atomic mass is 9.82. The topological polar surface area (TPSA) is 148 Å². The standard InChI is InChI=1S/C26H30F6N6O6/c1-42-10-16(38-9-18(26(30,31)32)34-25(38)41)14-6-7-33-20(8-14)35-23(39)21(13-2-4-15(27)5-3-13)36-24(40)22-17(11-44-37-22)43-12-19(28)29/h6-8,11,13,15-16,18-19,21H,2-5,9-10,12H2,1H3,(H,34,41)(H,36,40)(H,33,35,39)/t13?,15?,16-,18+,21?/m1/s1. The number of alkyl halides is 6. The second-order valence-corrected chi connectivity index (χ2v) is 10.3. The summed E-state index contributed by atoms with van der Waals surface area (Å²) in [4.78, 5) is 44.0. The molecular weight excluding hydrogens is 606 g/mol. The number of aromatic nitrogens is 2. The largest absolute Gasteiger partial charge is 0.482 e. The molecule has 2 fully saturated rings. The fourth-order valence-electron chi connectivity index (χ4n) is 5.12. The van der Waals surface area contributed by atoms with Crippen LogP contribution in [0.4, 0.5) is 37.0 Å². The number of ether oxygens (including phenoxy) is 2. The quantitative estimate of drug-likeness (QED) is 0.300. The number of nitrogens with zero attached hydrogens (tertiary/aromatic N) is 3. The summed E-state index contributed by atoms with van der Waals surface area (Å²) in [5.74, 6) is -2.68. The highest BCUT2D eigenvalue weighted by Crippen LogP contribution is 2.32. The third kappa shape index (κ3) is 8.09. The van der Waals surface area contributed by atoms with Crippen molar-refractivity contribution in [3.05, 3.63) is 35.9 Å². The summed E-state index contributed by atoms with van der Waals surface area (Å²) in [5.41, 5.74) is -0.178. The van der Waals surface area contributed by atoms with Crippen molar-refractivity contribution in [1.82, 2.24) is 25.7 Å². The van der Waals surface area contributed by atoms with Gasteiger partial charge >= 0.3 is 12.2 Å². The van der Waals surface area contributed by atoms with Crippen LogP contribution in [0.1, 0.15) is 47.8 Å². The van der Waals surface area contributed by atoms with Gasteiger partial charge in [0.25, 0.3) is 12.3 Å². The normalized spacial score (nSPS) is 22.0. The van der Waals surface area contributed by atoms with Crippen LogP contribution in [0.2, 0.25) is 0 Å². The Hall–Kier alpha value is -4.09. The van der Waals surface area contributed by atoms with Crippen LogP contribution in [0.25, 0.3) is 0 Å². The number of anilines is 1. The lowest BCUT2D eigenvalue weighted by Crippen LogP contribution is -2.49. The van der Waals surface area contributed by atoms with Gasteiger partial charge in [0.2, 0.25) is 11.6 Å². The second kappa shape index (κ2) is 14.1. The maximum absolute atomic E-state index is 13.9. The minimum Gasteiger partial charge on any atom is -0.482 e. The summed E-state index contributed by atoms with van der Waals surface area (Å²) in [6.45, 7) is -1.88. The first-order chi connectivity index (χ1) is 20.9. The van der Waals surface area contributed by atoms with E-state index in [1.165, 1.54) is 25.4 Å². The highest BCUT2D eigenvalue weighted by Gasteiger charge is 2.48. The van der Waals surface area contributed by atoms with Gasteiger partial charge in [-0.25, -0.2) is 22.9 Å². The van der Waals surface area contributed by atoms with Gasteiger partial charge in [-0.2, -0.15) is 13.2 Å². The number of nitrogens with one attached hydrogen (secondary N) is 3. The van der Waals surface area contributed by atoms with Crippen LogP contribution in [0, 0.1) is 5.92 Å². The molecule has 18 heteroatoms. The number of methoxy groups -OCH3 is 1. The third-order valence-corrected chi connectivity index (χ3v) is 7.31. The molecule has 4 amide bonds. The molecule has 1 saturated carbocycles. The molecule has 242 valence electrons. The number of rotatable bonds is 12. The molecule has 4 rings (SSSR count). The molecule has 3 atom stereocenters. The molecule has 1 unspecified atom stereocenters. The van der Waals surface area contributed by atoms with Gasteiger partial charge in [-0.15, -0.1) is 0 Å². The molecule has 0 bridgehead atoms. The first-order valence-electron chi connectivity index (χ1n) is 13.6. The Balaban J connectivity index is 1.53. The Morgan fingerprint density at radius 2 is 1.93 bits per heavy atom. The summed E-state index contributed by atoms with van der Waals surface area (Å²) >= 11 is 0. The molecule has 1 aliphatic heterocycles. The maximum Gasteiger partial charge on any atom is 0.410 e. The van der Waals surface area contributed by atoms with Gasteiger partial charge < -0.3 is 34.8 Å². The SMILES string of the molecule is COC[C@H](c1ccnc(NC(=O)C(NC(=O)c2nocc2OCC(F)F)C2CCC(F)CC2)c1)N1C[C@@H](C(F)(F)F)NC1=O. The highest BCUT2D eigenvalue weighted by atomic mass is 19.4. The Labute approximate surface area is 246 Å². The molecule has 2 aromatic rings. The summed E-state index contributed by atoms with van der Waals surface area (Å²) in [7, 11) is 1.31. The molecule has 0 spiro atoms. The van der Waals surface area contributed by atoms with Crippen LogP contribution in [-0.2, 0) is 9.53 Å². The third-order valence-electron chi connectivity index (χ3n) is 7.31. The van der Waals surface area contributed by atoms with Gasteiger partial charge in [0.05, 0.1) is 19.2 Å². The van der Waals surface area contributed by atoms with Crippen molar-refractivity contribution in [2.24, 2.45) is 5.92 Å². The first-order valence-corrected chi connectivity index (χ1v) is 13.6. The number of amides is 4. The Morgan fingerprint density at radius 1 is 1.20 bits per heavy atom. The molecule has 0 aromatic carbocycles. The summed E-state index contributed by atoms with van der Waals surface area (Å²) in [6, 6.07) is -2.47. The van der Waals surface area contributed by atoms with Crippen LogP contribution in [-0.4, -0.2) is 90.6 Å². The molecule has 1 saturated heterocycles. The molecule has 12 nitrogen and oxygen atoms in total. The van der Waals surface area contributed by atoms with E-state index in [4.69, 9.17) is 9.47 Å². The van der Waals surface area contributed by atoms with Crippen molar-refractivity contribution >= 4 is 23.7 Å². The second-order valence-electron chi connectivity index (χ2n) is 10.3. The van der Waals surface area contributed by atoms with Gasteiger partial charge in [-0.05, 0) is 49.3 Å². The van der Waals surface area contributed by atoms with Crippen LogP contribution in [0.5, 0.6) is 5.75 Å². The number of hydrogen-bond acceptors (Lipinski definition) is 8. The highest BCUT2D eigenvalue weighted by molar-refractivity contribution is 6.01. The Morgan fingerprint density at radius 3 is 2.57 bits per heavy atom. The number of halogens is 6. The molecular formula is C26H30F6N6O6. The van der Waals surface area contributed by atoms with E-state index in [1.807, 2.05) is 5.32 Å². The van der Waals surface area contributed by atoms with Crippen molar-refractivity contribution in [2.45, 2.75) is 62.6 Å². The minimum absolute atomic E-state index is 0.0543. The zero-order valence-electron chi connectivity index (χ0n) is 23.3. The number of pyridine rings is 1. The number of hydrogen-bond donors (Lipinski definition) is 3. The first kappa shape index (κ1) is 32.8. The molecule has 0 radical (unpaired) electrons.